The van der Waals surface area contributed by atoms with Crippen LogP contribution in [0.15, 0.2) is 0 Å². The molecule has 4 unspecified atom stereocenters. The Balaban J connectivity index is 1.92. The monoisotopic (exact) mass is 243 g/mol. The average molecular weight is 243 g/mol. The highest BCUT2D eigenvalue weighted by atomic mass is 32.2. The van der Waals surface area contributed by atoms with E-state index in [1.807, 2.05) is 11.8 Å². The van der Waals surface area contributed by atoms with Crippen molar-refractivity contribution in [3.63, 3.8) is 0 Å². The van der Waals surface area contributed by atoms with Crippen LogP contribution in [0.3, 0.4) is 0 Å². The van der Waals surface area contributed by atoms with Gasteiger partial charge in [0, 0.05) is 17.0 Å². The number of hydrogen-bond donors (Lipinski definition) is 2. The molecule has 0 bridgehead atoms. The highest BCUT2D eigenvalue weighted by Crippen LogP contribution is 2.38. The number of carboxylic acid groups (broad SMARTS) is 1. The van der Waals surface area contributed by atoms with Crippen molar-refractivity contribution in [1.82, 2.24) is 5.32 Å². The van der Waals surface area contributed by atoms with Crippen molar-refractivity contribution >= 4 is 17.7 Å². The predicted molar refractivity (Wildman–Crippen MR) is 66.8 cm³/mol. The minimum absolute atomic E-state index is 0.332. The molecule has 1 saturated carbocycles. The summed E-state index contributed by atoms with van der Waals surface area (Å²) < 4.78 is 0. The molecule has 0 aromatic rings. The fourth-order valence-electron chi connectivity index (χ4n) is 2.81. The van der Waals surface area contributed by atoms with Crippen LogP contribution < -0.4 is 5.32 Å². The Morgan fingerprint density at radius 1 is 1.44 bits per heavy atom. The van der Waals surface area contributed by atoms with Gasteiger partial charge in [0.05, 0.1) is 0 Å². The van der Waals surface area contributed by atoms with Gasteiger partial charge in [0.1, 0.15) is 6.04 Å². The van der Waals surface area contributed by atoms with Gasteiger partial charge in [0.25, 0.3) is 0 Å². The zero-order valence-corrected chi connectivity index (χ0v) is 10.8. The molecule has 4 heteroatoms. The van der Waals surface area contributed by atoms with Crippen LogP contribution in [0.2, 0.25) is 0 Å². The van der Waals surface area contributed by atoms with Gasteiger partial charge in [-0.15, -0.1) is 0 Å². The second-order valence-corrected chi connectivity index (χ2v) is 6.63. The Hall–Kier alpha value is -0.220. The third kappa shape index (κ3) is 2.54. The van der Waals surface area contributed by atoms with E-state index in [1.165, 1.54) is 12.8 Å². The highest BCUT2D eigenvalue weighted by Gasteiger charge is 2.38. The number of hydrogen-bond acceptors (Lipinski definition) is 3. The van der Waals surface area contributed by atoms with Crippen molar-refractivity contribution in [2.24, 2.45) is 11.8 Å². The van der Waals surface area contributed by atoms with E-state index in [2.05, 4.69) is 19.2 Å². The average Bonchev–Trinajstić information content (AvgIpc) is 2.27. The van der Waals surface area contributed by atoms with Crippen LogP contribution in [0.25, 0.3) is 0 Å². The number of fused-ring (bicyclic) bond motifs is 1. The maximum absolute atomic E-state index is 10.9. The molecule has 2 fully saturated rings. The predicted octanol–water partition coefficient (Wildman–Crippen LogP) is 1.97. The number of thioether (sulfide) groups is 1. The van der Waals surface area contributed by atoms with Crippen molar-refractivity contribution in [2.45, 2.75) is 50.4 Å². The van der Waals surface area contributed by atoms with Crippen molar-refractivity contribution < 1.29 is 9.90 Å². The van der Waals surface area contributed by atoms with Gasteiger partial charge in [-0.3, -0.25) is 10.1 Å². The first-order chi connectivity index (χ1) is 7.58. The van der Waals surface area contributed by atoms with Crippen molar-refractivity contribution in [3.8, 4) is 0 Å². The molecular weight excluding hydrogens is 222 g/mol. The summed E-state index contributed by atoms with van der Waals surface area (Å²) in [5.41, 5.74) is 0. The zero-order valence-electron chi connectivity index (χ0n) is 9.98. The molecule has 2 N–H and O–H groups in total. The van der Waals surface area contributed by atoms with E-state index in [1.54, 1.807) is 0 Å². The Labute approximate surface area is 101 Å². The molecule has 0 radical (unpaired) electrons. The molecule has 1 heterocycles. The van der Waals surface area contributed by atoms with Gasteiger partial charge in [0.2, 0.25) is 0 Å². The molecule has 92 valence electrons. The number of aliphatic carboxylic acids is 1. The lowest BCUT2D eigenvalue weighted by molar-refractivity contribution is -0.139. The molecule has 0 aromatic heterocycles. The molecule has 1 saturated heterocycles. The molecule has 3 nitrogen and oxygen atoms in total. The van der Waals surface area contributed by atoms with Gasteiger partial charge >= 0.3 is 5.97 Å². The van der Waals surface area contributed by atoms with Gasteiger partial charge < -0.3 is 5.11 Å². The third-order valence-corrected chi connectivity index (χ3v) is 5.44. The Bertz CT molecular complexity index is 270. The quantitative estimate of drug-likeness (QED) is 0.778. The fraction of sp³-hybridized carbons (Fsp3) is 0.917. The molecule has 2 aliphatic rings. The molecule has 2 rings (SSSR count). The molecule has 1 aliphatic heterocycles. The van der Waals surface area contributed by atoms with Crippen LogP contribution in [0.5, 0.6) is 0 Å². The van der Waals surface area contributed by atoms with Crippen molar-refractivity contribution in [1.29, 1.82) is 0 Å². The standard InChI is InChI=1S/C12H21NO2S/c1-7(2)8-3-4-9-11(5-8)16-6-10(13-9)12(14)15/h7-11,13H,3-6H2,1-2H3,(H,14,15). The SMILES string of the molecule is CC(C)C1CCC2NC(C(=O)O)CSC2C1. The number of nitrogens with one attached hydrogen (secondary N) is 1. The first-order valence-corrected chi connectivity index (χ1v) is 7.23. The summed E-state index contributed by atoms with van der Waals surface area (Å²) >= 11 is 1.86. The molecule has 0 spiro atoms. The van der Waals surface area contributed by atoms with E-state index in [0.717, 1.165) is 24.0 Å². The van der Waals surface area contributed by atoms with Gasteiger partial charge in [-0.25, -0.2) is 0 Å². The van der Waals surface area contributed by atoms with Crippen LogP contribution in [-0.4, -0.2) is 34.2 Å². The Morgan fingerprint density at radius 3 is 2.81 bits per heavy atom. The Kier molecular flexibility index (Phi) is 3.80. The number of carboxylic acids is 1. The zero-order chi connectivity index (χ0) is 11.7. The maximum Gasteiger partial charge on any atom is 0.321 e. The van der Waals surface area contributed by atoms with Crippen molar-refractivity contribution in [2.75, 3.05) is 5.75 Å². The largest absolute Gasteiger partial charge is 0.480 e. The molecule has 16 heavy (non-hydrogen) atoms. The van der Waals surface area contributed by atoms with Gasteiger partial charge in [-0.1, -0.05) is 13.8 Å². The summed E-state index contributed by atoms with van der Waals surface area (Å²) in [4.78, 5) is 10.9. The lowest BCUT2D eigenvalue weighted by Gasteiger charge is -2.42. The normalized spacial score (nSPS) is 39.4. The van der Waals surface area contributed by atoms with E-state index < -0.39 is 5.97 Å². The summed E-state index contributed by atoms with van der Waals surface area (Å²) in [7, 11) is 0. The van der Waals surface area contributed by atoms with Crippen molar-refractivity contribution in [3.05, 3.63) is 0 Å². The van der Waals surface area contributed by atoms with Crippen LogP contribution in [-0.2, 0) is 4.79 Å². The minimum atomic E-state index is -0.697. The van der Waals surface area contributed by atoms with E-state index in [4.69, 9.17) is 5.11 Å². The van der Waals surface area contributed by atoms with Crippen LogP contribution in [0.4, 0.5) is 0 Å². The van der Waals surface area contributed by atoms with Crippen LogP contribution in [0.1, 0.15) is 33.1 Å². The summed E-state index contributed by atoms with van der Waals surface area (Å²) in [6.07, 6.45) is 3.65. The molecule has 4 atom stereocenters. The molecule has 0 amide bonds. The topological polar surface area (TPSA) is 49.3 Å². The Morgan fingerprint density at radius 2 is 2.19 bits per heavy atom. The number of rotatable bonds is 2. The maximum atomic E-state index is 10.9. The minimum Gasteiger partial charge on any atom is -0.480 e. The van der Waals surface area contributed by atoms with E-state index >= 15 is 0 Å². The lowest BCUT2D eigenvalue weighted by atomic mass is 9.79. The summed E-state index contributed by atoms with van der Waals surface area (Å²) in [5.74, 6) is 1.62. The van der Waals surface area contributed by atoms with Gasteiger partial charge in [-0.05, 0) is 31.1 Å². The molecule has 0 aromatic carbocycles. The second kappa shape index (κ2) is 4.96. The van der Waals surface area contributed by atoms with E-state index in [0.29, 0.717) is 11.3 Å². The molecule has 1 aliphatic carbocycles. The lowest BCUT2D eigenvalue weighted by Crippen LogP contribution is -2.55. The van der Waals surface area contributed by atoms with Crippen LogP contribution >= 0.6 is 11.8 Å². The number of carbonyl (C=O) groups is 1. The van der Waals surface area contributed by atoms with E-state index in [9.17, 15) is 4.79 Å². The summed E-state index contributed by atoms with van der Waals surface area (Å²) in [6.45, 7) is 4.60. The first kappa shape index (κ1) is 12.2. The first-order valence-electron chi connectivity index (χ1n) is 6.18. The third-order valence-electron chi connectivity index (χ3n) is 3.97. The van der Waals surface area contributed by atoms with Crippen LogP contribution in [0, 0.1) is 11.8 Å². The second-order valence-electron chi connectivity index (χ2n) is 5.35. The van der Waals surface area contributed by atoms with Gasteiger partial charge in [-0.2, -0.15) is 11.8 Å². The highest BCUT2D eigenvalue weighted by molar-refractivity contribution is 8.00. The summed E-state index contributed by atoms with van der Waals surface area (Å²) in [6, 6.07) is 0.0942. The molecular formula is C12H21NO2S. The van der Waals surface area contributed by atoms with E-state index in [-0.39, 0.29) is 6.04 Å². The van der Waals surface area contributed by atoms with Gasteiger partial charge in [0.15, 0.2) is 0 Å². The smallest absolute Gasteiger partial charge is 0.321 e. The summed E-state index contributed by atoms with van der Waals surface area (Å²) in [5, 5.41) is 12.9. The fourth-order valence-corrected chi connectivity index (χ4v) is 4.32.